The molecule has 0 heterocycles. The van der Waals surface area contributed by atoms with Crippen molar-refractivity contribution in [3.05, 3.63) is 93.7 Å². The van der Waals surface area contributed by atoms with Crippen LogP contribution in [0.15, 0.2) is 71.2 Å². The van der Waals surface area contributed by atoms with Gasteiger partial charge in [-0.2, -0.15) is 0 Å². The molecular formula is C25H19BrFNO2. The lowest BCUT2D eigenvalue weighted by atomic mass is 9.98. The van der Waals surface area contributed by atoms with Gasteiger partial charge in [0.1, 0.15) is 12.4 Å². The van der Waals surface area contributed by atoms with Crippen LogP contribution in [0.5, 0.6) is 0 Å². The Labute approximate surface area is 183 Å². The van der Waals surface area contributed by atoms with Crippen LogP contribution >= 0.6 is 15.9 Å². The monoisotopic (exact) mass is 463 g/mol. The lowest BCUT2D eigenvalue weighted by molar-refractivity contribution is 0.143. The van der Waals surface area contributed by atoms with Gasteiger partial charge in [-0.1, -0.05) is 76.3 Å². The minimum absolute atomic E-state index is 0.0364. The highest BCUT2D eigenvalue weighted by atomic mass is 79.9. The van der Waals surface area contributed by atoms with Crippen LogP contribution in [0.25, 0.3) is 11.1 Å². The molecule has 0 radical (unpaired) electrons. The SMILES string of the molecule is O=C(NCCC#Cc1cc(F)cc(Br)c1)OCC1c2ccccc2-c2ccccc21. The zero-order valence-corrected chi connectivity index (χ0v) is 17.7. The first-order valence-electron chi connectivity index (χ1n) is 9.65. The highest BCUT2D eigenvalue weighted by molar-refractivity contribution is 9.10. The summed E-state index contributed by atoms with van der Waals surface area (Å²) < 4.78 is 19.5. The fraction of sp³-hybridized carbons (Fsp3) is 0.160. The summed E-state index contributed by atoms with van der Waals surface area (Å²) in [7, 11) is 0. The number of carbonyl (C=O) groups is 1. The van der Waals surface area contributed by atoms with Gasteiger partial charge in [-0.3, -0.25) is 0 Å². The number of alkyl carbamates (subject to hydrolysis) is 1. The van der Waals surface area contributed by atoms with Crippen molar-refractivity contribution in [1.29, 1.82) is 0 Å². The summed E-state index contributed by atoms with van der Waals surface area (Å²) in [5, 5.41) is 2.72. The molecule has 4 rings (SSSR count). The third-order valence-electron chi connectivity index (χ3n) is 4.96. The molecule has 1 aliphatic carbocycles. The maximum absolute atomic E-state index is 13.3. The molecule has 150 valence electrons. The van der Waals surface area contributed by atoms with Crippen LogP contribution in [0.2, 0.25) is 0 Å². The van der Waals surface area contributed by atoms with Gasteiger partial charge in [-0.15, -0.1) is 0 Å². The molecule has 1 N–H and O–H groups in total. The largest absolute Gasteiger partial charge is 0.449 e. The first kappa shape index (κ1) is 20.2. The van der Waals surface area contributed by atoms with Crippen molar-refractivity contribution < 1.29 is 13.9 Å². The van der Waals surface area contributed by atoms with Crippen molar-refractivity contribution >= 4 is 22.0 Å². The van der Waals surface area contributed by atoms with Gasteiger partial charge in [-0.05, 0) is 40.5 Å². The Morgan fingerprint density at radius 3 is 2.37 bits per heavy atom. The fourth-order valence-corrected chi connectivity index (χ4v) is 4.13. The number of hydrogen-bond acceptors (Lipinski definition) is 2. The second kappa shape index (κ2) is 9.15. The molecule has 0 saturated heterocycles. The van der Waals surface area contributed by atoms with Crippen molar-refractivity contribution in [2.24, 2.45) is 0 Å². The molecule has 0 aliphatic heterocycles. The van der Waals surface area contributed by atoms with Crippen LogP contribution in [0.4, 0.5) is 9.18 Å². The normalized spacial score (nSPS) is 11.8. The molecule has 0 aromatic heterocycles. The molecule has 0 fully saturated rings. The molecule has 0 bridgehead atoms. The Balaban J connectivity index is 1.29. The van der Waals surface area contributed by atoms with E-state index in [2.05, 4.69) is 57.4 Å². The molecule has 1 amide bonds. The van der Waals surface area contributed by atoms with E-state index in [1.807, 2.05) is 24.3 Å². The zero-order valence-electron chi connectivity index (χ0n) is 16.1. The molecule has 0 atom stereocenters. The summed E-state index contributed by atoms with van der Waals surface area (Å²) in [5.74, 6) is 5.51. The fourth-order valence-electron chi connectivity index (χ4n) is 3.67. The van der Waals surface area contributed by atoms with Crippen molar-refractivity contribution in [1.82, 2.24) is 5.32 Å². The van der Waals surface area contributed by atoms with E-state index in [1.165, 1.54) is 34.4 Å². The number of carbonyl (C=O) groups excluding carboxylic acids is 1. The van der Waals surface area contributed by atoms with Crippen LogP contribution in [0.1, 0.15) is 29.0 Å². The average molecular weight is 464 g/mol. The van der Waals surface area contributed by atoms with Crippen LogP contribution < -0.4 is 5.32 Å². The van der Waals surface area contributed by atoms with E-state index in [9.17, 15) is 9.18 Å². The van der Waals surface area contributed by atoms with E-state index in [0.717, 1.165) is 0 Å². The molecule has 3 aromatic rings. The summed E-state index contributed by atoms with van der Waals surface area (Å²) in [6, 6.07) is 20.9. The molecule has 3 nitrogen and oxygen atoms in total. The molecule has 5 heteroatoms. The Bertz CT molecular complexity index is 1080. The van der Waals surface area contributed by atoms with Gasteiger partial charge in [-0.25, -0.2) is 9.18 Å². The number of hydrogen-bond donors (Lipinski definition) is 1. The Morgan fingerprint density at radius 1 is 1.03 bits per heavy atom. The lowest BCUT2D eigenvalue weighted by Gasteiger charge is -2.14. The lowest BCUT2D eigenvalue weighted by Crippen LogP contribution is -2.26. The first-order chi connectivity index (χ1) is 14.6. The number of ether oxygens (including phenoxy) is 1. The maximum atomic E-state index is 13.3. The molecule has 30 heavy (non-hydrogen) atoms. The quantitative estimate of drug-likeness (QED) is 0.388. The topological polar surface area (TPSA) is 38.3 Å². The summed E-state index contributed by atoms with van der Waals surface area (Å²) >= 11 is 3.24. The van der Waals surface area contributed by atoms with Crippen LogP contribution in [-0.2, 0) is 4.74 Å². The maximum Gasteiger partial charge on any atom is 0.407 e. The Morgan fingerprint density at radius 2 is 1.70 bits per heavy atom. The van der Waals surface area contributed by atoms with Gasteiger partial charge in [0.15, 0.2) is 0 Å². The van der Waals surface area contributed by atoms with Crippen molar-refractivity contribution in [2.45, 2.75) is 12.3 Å². The van der Waals surface area contributed by atoms with Crippen molar-refractivity contribution in [2.75, 3.05) is 13.2 Å². The predicted octanol–water partition coefficient (Wildman–Crippen LogP) is 5.87. The minimum Gasteiger partial charge on any atom is -0.449 e. The van der Waals surface area contributed by atoms with Crippen molar-refractivity contribution in [3.63, 3.8) is 0 Å². The van der Waals surface area contributed by atoms with E-state index < -0.39 is 6.09 Å². The van der Waals surface area contributed by atoms with Crippen molar-refractivity contribution in [3.8, 4) is 23.0 Å². The van der Waals surface area contributed by atoms with Gasteiger partial charge >= 0.3 is 6.09 Å². The average Bonchev–Trinajstić information content (AvgIpc) is 3.05. The van der Waals surface area contributed by atoms with Gasteiger partial charge in [0.25, 0.3) is 0 Å². The summed E-state index contributed by atoms with van der Waals surface area (Å²) in [5.41, 5.74) is 5.34. The predicted molar refractivity (Wildman–Crippen MR) is 119 cm³/mol. The van der Waals surface area contributed by atoms with Gasteiger partial charge in [0.2, 0.25) is 0 Å². The number of halogens is 2. The van der Waals surface area contributed by atoms with Gasteiger partial charge in [0.05, 0.1) is 0 Å². The van der Waals surface area contributed by atoms with Gasteiger partial charge in [0, 0.05) is 28.9 Å². The number of fused-ring (bicyclic) bond motifs is 3. The van der Waals surface area contributed by atoms with Crippen LogP contribution in [0, 0.1) is 17.7 Å². The third-order valence-corrected chi connectivity index (χ3v) is 5.42. The Hall–Kier alpha value is -3.10. The second-order valence-electron chi connectivity index (χ2n) is 6.96. The second-order valence-corrected chi connectivity index (χ2v) is 7.88. The van der Waals surface area contributed by atoms with Crippen LogP contribution in [-0.4, -0.2) is 19.2 Å². The van der Waals surface area contributed by atoms with E-state index in [-0.39, 0.29) is 18.3 Å². The summed E-state index contributed by atoms with van der Waals surface area (Å²) in [6.45, 7) is 0.642. The summed E-state index contributed by atoms with van der Waals surface area (Å²) in [4.78, 5) is 12.1. The van der Waals surface area contributed by atoms with E-state index in [4.69, 9.17) is 4.74 Å². The molecule has 0 saturated carbocycles. The molecular weight excluding hydrogens is 445 g/mol. The number of benzene rings is 3. The standard InChI is InChI=1S/C25H19BrFNO2/c26-18-13-17(14-19(27)15-18)7-5-6-12-28-25(29)30-16-24-22-10-3-1-8-20(22)21-9-2-4-11-23(21)24/h1-4,8-11,13-15,24H,6,12,16H2,(H,28,29). The number of rotatable bonds is 4. The van der Waals surface area contributed by atoms with E-state index in [0.29, 0.717) is 23.0 Å². The molecule has 0 spiro atoms. The third kappa shape index (κ3) is 4.55. The molecule has 0 unspecified atom stereocenters. The molecule has 1 aliphatic rings. The van der Waals surface area contributed by atoms with Crippen LogP contribution in [0.3, 0.4) is 0 Å². The van der Waals surface area contributed by atoms with E-state index >= 15 is 0 Å². The zero-order chi connectivity index (χ0) is 20.9. The smallest absolute Gasteiger partial charge is 0.407 e. The minimum atomic E-state index is -0.466. The van der Waals surface area contributed by atoms with E-state index in [1.54, 1.807) is 6.07 Å². The number of nitrogens with one attached hydrogen (secondary N) is 1. The van der Waals surface area contributed by atoms with Gasteiger partial charge < -0.3 is 10.1 Å². The highest BCUT2D eigenvalue weighted by Crippen LogP contribution is 2.44. The highest BCUT2D eigenvalue weighted by Gasteiger charge is 2.28. The molecule has 3 aromatic carbocycles. The Kier molecular flexibility index (Phi) is 6.15. The first-order valence-corrected chi connectivity index (χ1v) is 10.4. The summed E-state index contributed by atoms with van der Waals surface area (Å²) in [6.07, 6.45) is -0.0228. The number of amides is 1.